The lowest BCUT2D eigenvalue weighted by Gasteiger charge is -2.16. The van der Waals surface area contributed by atoms with Crippen LogP contribution in [0.15, 0.2) is 32.5 Å². The van der Waals surface area contributed by atoms with Gasteiger partial charge in [0, 0.05) is 15.4 Å². The quantitative estimate of drug-likeness (QED) is 0.737. The molecule has 1 unspecified atom stereocenters. The van der Waals surface area contributed by atoms with Gasteiger partial charge in [-0.3, -0.25) is 0 Å². The predicted molar refractivity (Wildman–Crippen MR) is 92.6 cm³/mol. The van der Waals surface area contributed by atoms with Gasteiger partial charge in [-0.1, -0.05) is 15.9 Å². The van der Waals surface area contributed by atoms with Gasteiger partial charge in [0.15, 0.2) is 0 Å². The molecule has 108 valence electrons. The third-order valence-electron chi connectivity index (χ3n) is 2.85. The molecule has 2 N–H and O–H groups in total. The molecule has 20 heavy (non-hydrogen) atoms. The Bertz CT molecular complexity index is 596. The van der Waals surface area contributed by atoms with Crippen LogP contribution in [0.25, 0.3) is 0 Å². The third-order valence-corrected chi connectivity index (χ3v) is 4.90. The number of aryl methyl sites for hydroxylation is 1. The average molecular weight is 419 g/mol. The van der Waals surface area contributed by atoms with Crippen molar-refractivity contribution in [3.8, 4) is 5.75 Å². The second-order valence-corrected chi connectivity index (χ2v) is 8.35. The highest BCUT2D eigenvalue weighted by Crippen LogP contribution is 2.31. The molecule has 0 spiro atoms. The monoisotopic (exact) mass is 417 g/mol. The predicted octanol–water partition coefficient (Wildman–Crippen LogP) is 5.05. The standard InChI is InChI=1S/C15H17Br2NOS/c1-9-5-12(16)7-11(6-10(2)18)15(9)19-8-13-3-4-14(17)20-13/h3-5,7,10H,6,8,18H2,1-2H3. The molecule has 0 radical (unpaired) electrons. The lowest BCUT2D eigenvalue weighted by Crippen LogP contribution is -2.18. The zero-order valence-electron chi connectivity index (χ0n) is 11.5. The van der Waals surface area contributed by atoms with Crippen molar-refractivity contribution in [2.45, 2.75) is 32.9 Å². The van der Waals surface area contributed by atoms with E-state index in [1.54, 1.807) is 11.3 Å². The minimum Gasteiger partial charge on any atom is -0.488 e. The van der Waals surface area contributed by atoms with Crippen molar-refractivity contribution in [1.29, 1.82) is 0 Å². The lowest BCUT2D eigenvalue weighted by molar-refractivity contribution is 0.303. The smallest absolute Gasteiger partial charge is 0.126 e. The van der Waals surface area contributed by atoms with Crippen molar-refractivity contribution in [2.75, 3.05) is 0 Å². The van der Waals surface area contributed by atoms with Gasteiger partial charge in [0.25, 0.3) is 0 Å². The van der Waals surface area contributed by atoms with Crippen LogP contribution in [0.3, 0.4) is 0 Å². The van der Waals surface area contributed by atoms with Crippen molar-refractivity contribution in [1.82, 2.24) is 0 Å². The highest BCUT2D eigenvalue weighted by atomic mass is 79.9. The molecule has 0 saturated carbocycles. The minimum absolute atomic E-state index is 0.113. The molecule has 1 atom stereocenters. The highest BCUT2D eigenvalue weighted by molar-refractivity contribution is 9.11. The molecular weight excluding hydrogens is 402 g/mol. The number of thiophene rings is 1. The first kappa shape index (κ1) is 16.0. The first-order valence-corrected chi connectivity index (χ1v) is 8.77. The Hall–Kier alpha value is -0.360. The van der Waals surface area contributed by atoms with E-state index in [0.29, 0.717) is 6.61 Å². The summed E-state index contributed by atoms with van der Waals surface area (Å²) >= 11 is 8.70. The van der Waals surface area contributed by atoms with Crippen LogP contribution in [0, 0.1) is 6.92 Å². The highest BCUT2D eigenvalue weighted by Gasteiger charge is 2.11. The fourth-order valence-corrected chi connectivity index (χ4v) is 4.09. The number of nitrogens with two attached hydrogens (primary N) is 1. The maximum absolute atomic E-state index is 6.04. The maximum Gasteiger partial charge on any atom is 0.126 e. The van der Waals surface area contributed by atoms with E-state index in [2.05, 4.69) is 57.0 Å². The first-order valence-electron chi connectivity index (χ1n) is 6.37. The van der Waals surface area contributed by atoms with Crippen LogP contribution in [0.4, 0.5) is 0 Å². The molecule has 0 aliphatic heterocycles. The number of benzene rings is 1. The van der Waals surface area contributed by atoms with E-state index in [-0.39, 0.29) is 6.04 Å². The van der Waals surface area contributed by atoms with E-state index in [4.69, 9.17) is 10.5 Å². The molecule has 2 nitrogen and oxygen atoms in total. The summed E-state index contributed by atoms with van der Waals surface area (Å²) < 4.78 is 8.23. The van der Waals surface area contributed by atoms with Crippen molar-refractivity contribution in [3.63, 3.8) is 0 Å². The van der Waals surface area contributed by atoms with Gasteiger partial charge in [-0.2, -0.15) is 0 Å². The van der Waals surface area contributed by atoms with E-state index in [9.17, 15) is 0 Å². The zero-order chi connectivity index (χ0) is 14.7. The summed E-state index contributed by atoms with van der Waals surface area (Å²) in [6.07, 6.45) is 0.809. The Kier molecular flexibility index (Phi) is 5.66. The Labute approximate surface area is 140 Å². The lowest BCUT2D eigenvalue weighted by atomic mass is 10.0. The van der Waals surface area contributed by atoms with E-state index >= 15 is 0 Å². The average Bonchev–Trinajstić information content (AvgIpc) is 2.73. The van der Waals surface area contributed by atoms with E-state index in [1.807, 2.05) is 13.0 Å². The van der Waals surface area contributed by atoms with Gasteiger partial charge in [-0.05, 0) is 71.6 Å². The van der Waals surface area contributed by atoms with Crippen molar-refractivity contribution in [3.05, 3.63) is 48.5 Å². The molecule has 0 saturated heterocycles. The van der Waals surface area contributed by atoms with E-state index in [0.717, 1.165) is 31.6 Å². The Morgan fingerprint density at radius 3 is 2.65 bits per heavy atom. The van der Waals surface area contributed by atoms with E-state index in [1.165, 1.54) is 4.88 Å². The topological polar surface area (TPSA) is 35.2 Å². The molecular formula is C15H17Br2NOS. The number of ether oxygens (including phenoxy) is 1. The van der Waals surface area contributed by atoms with Gasteiger partial charge in [0.1, 0.15) is 12.4 Å². The molecule has 0 aliphatic carbocycles. The summed E-state index contributed by atoms with van der Waals surface area (Å²) in [5, 5.41) is 0. The molecule has 0 bridgehead atoms. The summed E-state index contributed by atoms with van der Waals surface area (Å²) in [6.45, 7) is 4.66. The summed E-state index contributed by atoms with van der Waals surface area (Å²) in [6, 6.07) is 8.40. The van der Waals surface area contributed by atoms with Crippen LogP contribution < -0.4 is 10.5 Å². The van der Waals surface area contributed by atoms with Crippen LogP contribution in [-0.4, -0.2) is 6.04 Å². The summed E-state index contributed by atoms with van der Waals surface area (Å²) in [5.41, 5.74) is 8.21. The summed E-state index contributed by atoms with van der Waals surface area (Å²) in [4.78, 5) is 1.20. The fraction of sp³-hybridized carbons (Fsp3) is 0.333. The van der Waals surface area contributed by atoms with Gasteiger partial charge >= 0.3 is 0 Å². The van der Waals surface area contributed by atoms with Crippen LogP contribution >= 0.6 is 43.2 Å². The summed E-state index contributed by atoms with van der Waals surface area (Å²) in [7, 11) is 0. The SMILES string of the molecule is Cc1cc(Br)cc(CC(C)N)c1OCc1ccc(Br)s1. The Morgan fingerprint density at radius 1 is 1.30 bits per heavy atom. The molecule has 0 amide bonds. The molecule has 0 fully saturated rings. The normalized spacial score (nSPS) is 12.4. The molecule has 0 aliphatic rings. The third kappa shape index (κ3) is 4.32. The second-order valence-electron chi connectivity index (χ2n) is 4.89. The van der Waals surface area contributed by atoms with Gasteiger partial charge in [0.05, 0.1) is 3.79 Å². The molecule has 2 rings (SSSR count). The van der Waals surface area contributed by atoms with Crippen molar-refractivity contribution in [2.24, 2.45) is 5.73 Å². The van der Waals surface area contributed by atoms with Crippen molar-refractivity contribution < 1.29 is 4.74 Å². The molecule has 2 aromatic rings. The largest absolute Gasteiger partial charge is 0.488 e. The number of hydrogen-bond donors (Lipinski definition) is 1. The van der Waals surface area contributed by atoms with Crippen molar-refractivity contribution >= 4 is 43.2 Å². The van der Waals surface area contributed by atoms with Gasteiger partial charge in [-0.15, -0.1) is 11.3 Å². The van der Waals surface area contributed by atoms with Crippen LogP contribution in [0.5, 0.6) is 5.75 Å². The maximum atomic E-state index is 6.04. The summed E-state index contributed by atoms with van der Waals surface area (Å²) in [5.74, 6) is 0.954. The Morgan fingerprint density at radius 2 is 2.05 bits per heavy atom. The number of hydrogen-bond acceptors (Lipinski definition) is 3. The number of rotatable bonds is 5. The Balaban J connectivity index is 2.20. The molecule has 1 heterocycles. The molecule has 1 aromatic carbocycles. The van der Waals surface area contributed by atoms with Gasteiger partial charge < -0.3 is 10.5 Å². The van der Waals surface area contributed by atoms with Crippen LogP contribution in [-0.2, 0) is 13.0 Å². The minimum atomic E-state index is 0.113. The van der Waals surface area contributed by atoms with Gasteiger partial charge in [0.2, 0.25) is 0 Å². The number of halogens is 2. The molecule has 5 heteroatoms. The van der Waals surface area contributed by atoms with E-state index < -0.39 is 0 Å². The molecule has 1 aromatic heterocycles. The second kappa shape index (κ2) is 7.07. The zero-order valence-corrected chi connectivity index (χ0v) is 15.4. The fourth-order valence-electron chi connectivity index (χ4n) is 2.08. The van der Waals surface area contributed by atoms with Gasteiger partial charge in [-0.25, -0.2) is 0 Å². The van der Waals surface area contributed by atoms with Crippen LogP contribution in [0.2, 0.25) is 0 Å². The first-order chi connectivity index (χ1) is 9.45. The van der Waals surface area contributed by atoms with Crippen LogP contribution in [0.1, 0.15) is 22.9 Å².